The molecule has 2 aromatic heterocycles. The molecule has 3 N–H and O–H groups in total. The van der Waals surface area contributed by atoms with Crippen LogP contribution in [-0.2, 0) is 0 Å². The number of rotatable bonds is 8. The molecule has 0 aliphatic heterocycles. The molecule has 2 heterocycles. The van der Waals surface area contributed by atoms with Crippen molar-refractivity contribution in [2.45, 2.75) is 18.9 Å². The summed E-state index contributed by atoms with van der Waals surface area (Å²) in [5, 5.41) is 14.8. The lowest BCUT2D eigenvalue weighted by atomic mass is 10.2. The zero-order valence-corrected chi connectivity index (χ0v) is 15.9. The van der Waals surface area contributed by atoms with Gasteiger partial charge in [0.15, 0.2) is 5.82 Å². The zero-order valence-electron chi connectivity index (χ0n) is 15.9. The molecule has 146 valence electrons. The van der Waals surface area contributed by atoms with Gasteiger partial charge in [-0.2, -0.15) is 5.10 Å². The number of ether oxygens (including phenoxy) is 1. The fraction of sp³-hybridized carbons (Fsp3) is 0.227. The second-order valence-electron chi connectivity index (χ2n) is 7.17. The highest BCUT2D eigenvalue weighted by Gasteiger charge is 2.19. The molecule has 2 aromatic carbocycles. The van der Waals surface area contributed by atoms with Crippen molar-refractivity contribution < 1.29 is 4.74 Å². The van der Waals surface area contributed by atoms with Crippen molar-refractivity contribution in [3.8, 4) is 17.1 Å². The van der Waals surface area contributed by atoms with E-state index in [1.54, 1.807) is 12.4 Å². The molecule has 1 aliphatic rings. The molecule has 0 bridgehead atoms. The third kappa shape index (κ3) is 4.35. The van der Waals surface area contributed by atoms with Gasteiger partial charge in [-0.15, -0.1) is 0 Å². The predicted molar refractivity (Wildman–Crippen MR) is 113 cm³/mol. The summed E-state index contributed by atoms with van der Waals surface area (Å²) in [6, 6.07) is 16.5. The van der Waals surface area contributed by atoms with Crippen molar-refractivity contribution >= 4 is 22.4 Å². The van der Waals surface area contributed by atoms with Crippen LogP contribution in [0, 0.1) is 0 Å². The Hall–Kier alpha value is -3.45. The molecule has 7 heteroatoms. The van der Waals surface area contributed by atoms with Gasteiger partial charge in [-0.05, 0) is 49.2 Å². The largest absolute Gasteiger partial charge is 0.492 e. The third-order valence-corrected chi connectivity index (χ3v) is 4.84. The highest BCUT2D eigenvalue weighted by Crippen LogP contribution is 2.24. The minimum absolute atomic E-state index is 0.652. The Morgan fingerprint density at radius 3 is 3.00 bits per heavy atom. The van der Waals surface area contributed by atoms with Gasteiger partial charge in [0.05, 0.1) is 11.7 Å². The molecule has 1 aliphatic carbocycles. The van der Waals surface area contributed by atoms with Crippen LogP contribution in [0.1, 0.15) is 12.8 Å². The Balaban J connectivity index is 1.28. The monoisotopic (exact) mass is 386 g/mol. The van der Waals surface area contributed by atoms with Crippen molar-refractivity contribution in [2.24, 2.45) is 0 Å². The SMILES string of the molecule is c1cc(OCCNC2CC2)cc(-c2nccc(Nc3ccc4[nH]ncc4c3)n2)c1. The molecule has 5 rings (SSSR count). The summed E-state index contributed by atoms with van der Waals surface area (Å²) in [5.74, 6) is 2.21. The smallest absolute Gasteiger partial charge is 0.161 e. The van der Waals surface area contributed by atoms with Crippen LogP contribution in [0.25, 0.3) is 22.3 Å². The molecule has 1 saturated carbocycles. The van der Waals surface area contributed by atoms with Gasteiger partial charge in [-0.25, -0.2) is 9.97 Å². The topological polar surface area (TPSA) is 87.8 Å². The predicted octanol–water partition coefficient (Wildman–Crippen LogP) is 3.89. The first-order chi connectivity index (χ1) is 14.3. The van der Waals surface area contributed by atoms with E-state index in [0.717, 1.165) is 40.3 Å². The van der Waals surface area contributed by atoms with E-state index in [1.165, 1.54) is 12.8 Å². The Bertz CT molecular complexity index is 1120. The van der Waals surface area contributed by atoms with Crippen LogP contribution in [0.3, 0.4) is 0 Å². The van der Waals surface area contributed by atoms with Gasteiger partial charge in [-0.1, -0.05) is 12.1 Å². The van der Waals surface area contributed by atoms with Crippen LogP contribution in [0.4, 0.5) is 11.5 Å². The van der Waals surface area contributed by atoms with Crippen molar-refractivity contribution in [3.63, 3.8) is 0 Å². The first-order valence-electron chi connectivity index (χ1n) is 9.83. The summed E-state index contributed by atoms with van der Waals surface area (Å²) >= 11 is 0. The normalized spacial score (nSPS) is 13.5. The number of fused-ring (bicyclic) bond motifs is 1. The first-order valence-corrected chi connectivity index (χ1v) is 9.83. The maximum Gasteiger partial charge on any atom is 0.161 e. The van der Waals surface area contributed by atoms with Gasteiger partial charge in [0, 0.05) is 35.4 Å². The quantitative estimate of drug-likeness (QED) is 0.398. The summed E-state index contributed by atoms with van der Waals surface area (Å²) in [4.78, 5) is 9.09. The molecule has 0 amide bonds. The molecular weight excluding hydrogens is 364 g/mol. The van der Waals surface area contributed by atoms with Crippen LogP contribution in [0.15, 0.2) is 60.9 Å². The standard InChI is InChI=1S/C22H22N6O/c1-2-15(13-19(3-1)29-11-10-23-17-4-5-17)22-24-9-8-21(27-22)26-18-6-7-20-16(12-18)14-25-28-20/h1-3,6-9,12-14,17,23H,4-5,10-11H2,(H,25,28)(H,24,26,27). The minimum Gasteiger partial charge on any atom is -0.492 e. The van der Waals surface area contributed by atoms with Gasteiger partial charge in [-0.3, -0.25) is 5.10 Å². The summed E-state index contributed by atoms with van der Waals surface area (Å²) < 4.78 is 5.86. The lowest BCUT2D eigenvalue weighted by molar-refractivity contribution is 0.313. The molecule has 0 saturated heterocycles. The minimum atomic E-state index is 0.652. The van der Waals surface area contributed by atoms with E-state index in [1.807, 2.05) is 48.5 Å². The van der Waals surface area contributed by atoms with Crippen LogP contribution in [-0.4, -0.2) is 39.4 Å². The molecule has 7 nitrogen and oxygen atoms in total. The van der Waals surface area contributed by atoms with E-state index in [4.69, 9.17) is 4.74 Å². The zero-order chi connectivity index (χ0) is 19.5. The van der Waals surface area contributed by atoms with Crippen molar-refractivity contribution in [3.05, 3.63) is 60.9 Å². The number of nitrogens with zero attached hydrogens (tertiary/aromatic N) is 3. The Kier molecular flexibility index (Phi) is 4.80. The summed E-state index contributed by atoms with van der Waals surface area (Å²) in [7, 11) is 0. The molecule has 0 radical (unpaired) electrons. The summed E-state index contributed by atoms with van der Waals surface area (Å²) in [6.07, 6.45) is 6.13. The second-order valence-corrected chi connectivity index (χ2v) is 7.17. The highest BCUT2D eigenvalue weighted by molar-refractivity contribution is 5.82. The van der Waals surface area contributed by atoms with Crippen LogP contribution in [0.5, 0.6) is 5.75 Å². The molecule has 0 unspecified atom stereocenters. The highest BCUT2D eigenvalue weighted by atomic mass is 16.5. The fourth-order valence-corrected chi connectivity index (χ4v) is 3.18. The number of aromatic amines is 1. The average Bonchev–Trinajstić information content (AvgIpc) is 3.46. The number of hydrogen-bond donors (Lipinski definition) is 3. The van der Waals surface area contributed by atoms with Crippen LogP contribution < -0.4 is 15.4 Å². The van der Waals surface area contributed by atoms with E-state index in [9.17, 15) is 0 Å². The van der Waals surface area contributed by atoms with Crippen LogP contribution in [0.2, 0.25) is 0 Å². The number of aromatic nitrogens is 4. The van der Waals surface area contributed by atoms with Gasteiger partial charge in [0.1, 0.15) is 18.2 Å². The maximum absolute atomic E-state index is 5.86. The van der Waals surface area contributed by atoms with Crippen molar-refractivity contribution in [1.29, 1.82) is 0 Å². The molecule has 29 heavy (non-hydrogen) atoms. The molecule has 0 atom stereocenters. The summed E-state index contributed by atoms with van der Waals surface area (Å²) in [6.45, 7) is 1.52. The first kappa shape index (κ1) is 17.6. The van der Waals surface area contributed by atoms with Gasteiger partial charge >= 0.3 is 0 Å². The Morgan fingerprint density at radius 2 is 2.07 bits per heavy atom. The lowest BCUT2D eigenvalue weighted by Crippen LogP contribution is -2.22. The lowest BCUT2D eigenvalue weighted by Gasteiger charge is -2.10. The fourth-order valence-electron chi connectivity index (χ4n) is 3.18. The van der Waals surface area contributed by atoms with Gasteiger partial charge < -0.3 is 15.4 Å². The number of nitrogens with one attached hydrogen (secondary N) is 3. The number of benzene rings is 2. The van der Waals surface area contributed by atoms with E-state index < -0.39 is 0 Å². The van der Waals surface area contributed by atoms with Gasteiger partial charge in [0.25, 0.3) is 0 Å². The summed E-state index contributed by atoms with van der Waals surface area (Å²) in [5.41, 5.74) is 2.87. The van der Waals surface area contributed by atoms with E-state index >= 15 is 0 Å². The second kappa shape index (κ2) is 7.89. The number of anilines is 2. The van der Waals surface area contributed by atoms with E-state index in [0.29, 0.717) is 18.5 Å². The Morgan fingerprint density at radius 1 is 1.10 bits per heavy atom. The van der Waals surface area contributed by atoms with Crippen molar-refractivity contribution in [1.82, 2.24) is 25.5 Å². The molecule has 4 aromatic rings. The molecular formula is C22H22N6O. The van der Waals surface area contributed by atoms with Gasteiger partial charge in [0.2, 0.25) is 0 Å². The third-order valence-electron chi connectivity index (χ3n) is 4.84. The van der Waals surface area contributed by atoms with E-state index in [2.05, 4.69) is 30.8 Å². The van der Waals surface area contributed by atoms with Crippen molar-refractivity contribution in [2.75, 3.05) is 18.5 Å². The number of hydrogen-bond acceptors (Lipinski definition) is 6. The van der Waals surface area contributed by atoms with E-state index in [-0.39, 0.29) is 0 Å². The molecule has 0 spiro atoms. The number of H-pyrrole nitrogens is 1. The van der Waals surface area contributed by atoms with Crippen LogP contribution >= 0.6 is 0 Å². The molecule has 1 fully saturated rings. The maximum atomic E-state index is 5.86. The Labute approximate surface area is 168 Å². The average molecular weight is 386 g/mol.